The summed E-state index contributed by atoms with van der Waals surface area (Å²) in [6.45, 7) is 2.06. The van der Waals surface area contributed by atoms with Crippen molar-refractivity contribution in [1.82, 2.24) is 14.9 Å². The van der Waals surface area contributed by atoms with Crippen LogP contribution in [0.1, 0.15) is 73.7 Å². The summed E-state index contributed by atoms with van der Waals surface area (Å²) < 4.78 is 1.43. The molecular weight excluding hydrogens is 450 g/mol. The highest BCUT2D eigenvalue weighted by Crippen LogP contribution is 2.27. The second-order valence-electron chi connectivity index (χ2n) is 9.00. The molecule has 3 N–H and O–H groups in total. The molecule has 0 aliphatic heterocycles. The Balaban J connectivity index is 1.61. The number of hydrogen-bond donors (Lipinski definition) is 2. The number of rotatable bonds is 12. The number of aryl methyl sites for hydroxylation is 1. The lowest BCUT2D eigenvalue weighted by Crippen LogP contribution is -2.43. The fourth-order valence-electron chi connectivity index (χ4n) is 4.45. The van der Waals surface area contributed by atoms with Crippen molar-refractivity contribution in [3.8, 4) is 0 Å². The maximum atomic E-state index is 12.9. The summed E-state index contributed by atoms with van der Waals surface area (Å²) in [5, 5.41) is 4.89. The lowest BCUT2D eigenvalue weighted by Gasteiger charge is -2.21. The van der Waals surface area contributed by atoms with E-state index in [1.807, 2.05) is 12.1 Å². The van der Waals surface area contributed by atoms with Gasteiger partial charge in [-0.05, 0) is 44.6 Å². The zero-order valence-electron chi connectivity index (χ0n) is 19.9. The van der Waals surface area contributed by atoms with Crippen LogP contribution < -0.4 is 16.6 Å². The first-order valence-corrected chi connectivity index (χ1v) is 13.0. The van der Waals surface area contributed by atoms with Crippen LogP contribution in [0.3, 0.4) is 0 Å². The third kappa shape index (κ3) is 7.90. The van der Waals surface area contributed by atoms with Crippen molar-refractivity contribution in [2.75, 3.05) is 6.54 Å². The van der Waals surface area contributed by atoms with Crippen LogP contribution in [-0.4, -0.2) is 39.7 Å². The van der Waals surface area contributed by atoms with Crippen molar-refractivity contribution in [1.29, 1.82) is 0 Å². The van der Waals surface area contributed by atoms with Crippen LogP contribution in [0.15, 0.2) is 39.7 Å². The van der Waals surface area contributed by atoms with Crippen molar-refractivity contribution < 1.29 is 9.59 Å². The number of pyridine rings is 1. The number of aliphatic imine (C=N–C) groups is 1. The molecule has 184 valence electrons. The van der Waals surface area contributed by atoms with Gasteiger partial charge in [0.15, 0.2) is 5.01 Å². The lowest BCUT2D eigenvalue weighted by molar-refractivity contribution is -0.122. The number of amidine groups is 1. The number of ketones is 1. The molecule has 2 heterocycles. The van der Waals surface area contributed by atoms with E-state index in [-0.39, 0.29) is 23.8 Å². The number of Topliss-reactive ketones (excluding diaryl/α,β-unsaturated/α-hetero) is 1. The molecule has 0 unspecified atom stereocenters. The maximum absolute atomic E-state index is 12.9. The minimum absolute atomic E-state index is 0.127. The van der Waals surface area contributed by atoms with E-state index >= 15 is 0 Å². The minimum atomic E-state index is -0.725. The van der Waals surface area contributed by atoms with Gasteiger partial charge < -0.3 is 15.6 Å². The van der Waals surface area contributed by atoms with E-state index in [1.165, 1.54) is 48.0 Å². The van der Waals surface area contributed by atoms with Gasteiger partial charge >= 0.3 is 0 Å². The molecule has 9 heteroatoms. The number of thiazole rings is 1. The molecule has 1 aliphatic rings. The highest BCUT2D eigenvalue weighted by atomic mass is 32.1. The van der Waals surface area contributed by atoms with Gasteiger partial charge in [-0.15, -0.1) is 11.3 Å². The summed E-state index contributed by atoms with van der Waals surface area (Å²) in [6.07, 6.45) is 12.3. The molecule has 3 rings (SSSR count). The fourth-order valence-corrected chi connectivity index (χ4v) is 5.08. The molecule has 1 amide bonds. The molecule has 34 heavy (non-hydrogen) atoms. The number of nitrogens with zero attached hydrogens (tertiary/aromatic N) is 3. The van der Waals surface area contributed by atoms with E-state index in [1.54, 1.807) is 24.7 Å². The standard InChI is InChI=1S/C25H35N5O3S/c1-18(26)27-13-5-10-21(23(32)24-28-14-16-34-24)29-22(31)17-30-15-6-9-20(25(30)33)12-11-19-7-3-2-4-8-19/h6,9,14-16,19,21H,2-5,7-8,10-13,17H2,1H3,(H2,26,27)(H,29,31)/t21-/m0/s1. The smallest absolute Gasteiger partial charge is 0.254 e. The minimum Gasteiger partial charge on any atom is -0.388 e. The van der Waals surface area contributed by atoms with E-state index in [0.29, 0.717) is 36.1 Å². The van der Waals surface area contributed by atoms with Crippen LogP contribution in [0.25, 0.3) is 0 Å². The van der Waals surface area contributed by atoms with Crippen molar-refractivity contribution in [2.24, 2.45) is 16.6 Å². The first kappa shape index (κ1) is 25.8. The summed E-state index contributed by atoms with van der Waals surface area (Å²) >= 11 is 1.24. The second kappa shape index (κ2) is 13.2. The Morgan fingerprint density at radius 1 is 1.32 bits per heavy atom. The van der Waals surface area contributed by atoms with Gasteiger partial charge in [-0.25, -0.2) is 4.98 Å². The van der Waals surface area contributed by atoms with Gasteiger partial charge in [0.05, 0.1) is 11.9 Å². The molecule has 2 aromatic rings. The van der Waals surface area contributed by atoms with E-state index in [9.17, 15) is 14.4 Å². The molecule has 0 bridgehead atoms. The van der Waals surface area contributed by atoms with Crippen LogP contribution in [0.4, 0.5) is 0 Å². The first-order valence-electron chi connectivity index (χ1n) is 12.1. The number of nitrogens with two attached hydrogens (primary N) is 1. The van der Waals surface area contributed by atoms with Crippen LogP contribution in [0, 0.1) is 5.92 Å². The van der Waals surface area contributed by atoms with E-state index in [2.05, 4.69) is 15.3 Å². The molecule has 1 atom stereocenters. The molecule has 0 aromatic carbocycles. The first-order chi connectivity index (χ1) is 16.4. The van der Waals surface area contributed by atoms with Crippen molar-refractivity contribution in [3.05, 3.63) is 50.8 Å². The van der Waals surface area contributed by atoms with Crippen molar-refractivity contribution >= 4 is 28.9 Å². The topological polar surface area (TPSA) is 119 Å². The normalized spacial score (nSPS) is 15.7. The lowest BCUT2D eigenvalue weighted by atomic mass is 9.85. The Hall–Kier alpha value is -2.81. The van der Waals surface area contributed by atoms with Crippen LogP contribution in [0.5, 0.6) is 0 Å². The summed E-state index contributed by atoms with van der Waals surface area (Å²) in [7, 11) is 0. The fraction of sp³-hybridized carbons (Fsp3) is 0.560. The van der Waals surface area contributed by atoms with Gasteiger partial charge in [-0.2, -0.15) is 0 Å². The highest BCUT2D eigenvalue weighted by molar-refractivity contribution is 7.11. The van der Waals surface area contributed by atoms with Crippen molar-refractivity contribution in [3.63, 3.8) is 0 Å². The van der Waals surface area contributed by atoms with Crippen LogP contribution in [-0.2, 0) is 17.8 Å². The van der Waals surface area contributed by atoms with Gasteiger partial charge in [0.2, 0.25) is 11.7 Å². The van der Waals surface area contributed by atoms with Crippen LogP contribution in [0.2, 0.25) is 0 Å². The Kier molecular flexibility index (Phi) is 10.00. The largest absolute Gasteiger partial charge is 0.388 e. The Bertz CT molecular complexity index is 1020. The molecule has 0 saturated heterocycles. The molecule has 0 spiro atoms. The maximum Gasteiger partial charge on any atom is 0.254 e. The molecule has 8 nitrogen and oxygen atoms in total. The van der Waals surface area contributed by atoms with Gasteiger partial charge in [-0.1, -0.05) is 38.2 Å². The Labute approximate surface area is 204 Å². The molecular formula is C25H35N5O3S. The van der Waals surface area contributed by atoms with E-state index < -0.39 is 6.04 Å². The van der Waals surface area contributed by atoms with Crippen molar-refractivity contribution in [2.45, 2.75) is 77.3 Å². The molecule has 1 aliphatic carbocycles. The summed E-state index contributed by atoms with van der Waals surface area (Å²) in [6, 6.07) is 2.95. The van der Waals surface area contributed by atoms with E-state index in [4.69, 9.17) is 5.73 Å². The molecule has 2 aromatic heterocycles. The SMILES string of the molecule is CC(N)=NCCC[C@H](NC(=O)Cn1cccc(CCC2CCCCC2)c1=O)C(=O)c1nccs1. The average Bonchev–Trinajstić information content (AvgIpc) is 3.37. The monoisotopic (exact) mass is 485 g/mol. The van der Waals surface area contributed by atoms with Crippen LogP contribution >= 0.6 is 11.3 Å². The number of aromatic nitrogens is 2. The number of hydrogen-bond acceptors (Lipinski definition) is 6. The van der Waals surface area contributed by atoms with Gasteiger partial charge in [0.25, 0.3) is 5.56 Å². The second-order valence-corrected chi connectivity index (χ2v) is 9.89. The average molecular weight is 486 g/mol. The zero-order valence-corrected chi connectivity index (χ0v) is 20.7. The zero-order chi connectivity index (χ0) is 24.3. The van der Waals surface area contributed by atoms with Gasteiger partial charge in [0, 0.05) is 29.9 Å². The predicted octanol–water partition coefficient (Wildman–Crippen LogP) is 3.34. The Morgan fingerprint density at radius 3 is 2.82 bits per heavy atom. The number of amides is 1. The number of carbonyl (C=O) groups is 2. The predicted molar refractivity (Wildman–Crippen MR) is 135 cm³/mol. The summed E-state index contributed by atoms with van der Waals surface area (Å²) in [5.74, 6) is 0.565. The van der Waals surface area contributed by atoms with Gasteiger partial charge in [-0.3, -0.25) is 19.4 Å². The molecule has 0 radical (unpaired) electrons. The third-order valence-corrected chi connectivity index (χ3v) is 7.05. The third-order valence-electron chi connectivity index (χ3n) is 6.27. The summed E-state index contributed by atoms with van der Waals surface area (Å²) in [5.41, 5.74) is 6.18. The molecule has 1 fully saturated rings. The van der Waals surface area contributed by atoms with E-state index in [0.717, 1.165) is 18.4 Å². The number of carbonyl (C=O) groups excluding carboxylic acids is 2. The number of nitrogens with one attached hydrogen (secondary N) is 1. The highest BCUT2D eigenvalue weighted by Gasteiger charge is 2.24. The Morgan fingerprint density at radius 2 is 2.12 bits per heavy atom. The summed E-state index contributed by atoms with van der Waals surface area (Å²) in [4.78, 5) is 46.9. The van der Waals surface area contributed by atoms with Gasteiger partial charge in [0.1, 0.15) is 6.54 Å². The quantitative estimate of drug-likeness (QED) is 0.207. The molecule has 1 saturated carbocycles.